The van der Waals surface area contributed by atoms with Crippen LogP contribution >= 0.6 is 0 Å². The van der Waals surface area contributed by atoms with Crippen molar-refractivity contribution < 1.29 is 4.74 Å². The van der Waals surface area contributed by atoms with Gasteiger partial charge in [0.1, 0.15) is 0 Å². The fraction of sp³-hybridized carbons (Fsp3) is 1.00. The Hall–Kier alpha value is -0.0800. The van der Waals surface area contributed by atoms with E-state index in [4.69, 9.17) is 4.74 Å². The maximum Gasteiger partial charge on any atom is 0.0837 e. The molecule has 0 heterocycles. The van der Waals surface area contributed by atoms with Crippen LogP contribution in [0.3, 0.4) is 0 Å². The molecule has 1 N–H and O–H groups in total. The Morgan fingerprint density at radius 2 is 1.74 bits per heavy atom. The predicted molar refractivity (Wildman–Crippen MR) is 81.4 cm³/mol. The van der Waals surface area contributed by atoms with Crippen LogP contribution in [-0.4, -0.2) is 24.8 Å². The highest BCUT2D eigenvalue weighted by molar-refractivity contribution is 5.00. The van der Waals surface area contributed by atoms with Crippen LogP contribution in [0.4, 0.5) is 0 Å². The van der Waals surface area contributed by atoms with Gasteiger partial charge >= 0.3 is 0 Å². The molecule has 0 saturated heterocycles. The van der Waals surface area contributed by atoms with E-state index in [1.165, 1.54) is 51.4 Å². The minimum Gasteiger partial charge on any atom is -0.374 e. The normalized spacial score (nSPS) is 34.6. The molecule has 0 bridgehead atoms. The zero-order chi connectivity index (χ0) is 13.7. The van der Waals surface area contributed by atoms with Crippen molar-refractivity contribution in [3.63, 3.8) is 0 Å². The first-order chi connectivity index (χ1) is 9.22. The van der Waals surface area contributed by atoms with Crippen molar-refractivity contribution in [2.75, 3.05) is 13.2 Å². The van der Waals surface area contributed by atoms with E-state index in [1.807, 2.05) is 0 Å². The van der Waals surface area contributed by atoms with Crippen LogP contribution in [0.2, 0.25) is 0 Å². The molecule has 2 rings (SSSR count). The molecular formula is C17H33NO. The van der Waals surface area contributed by atoms with Crippen molar-refractivity contribution in [2.24, 2.45) is 11.8 Å². The first kappa shape index (κ1) is 15.3. The van der Waals surface area contributed by atoms with Gasteiger partial charge in [0.25, 0.3) is 0 Å². The Balaban J connectivity index is 2.12. The lowest BCUT2D eigenvalue weighted by molar-refractivity contribution is -0.107. The summed E-state index contributed by atoms with van der Waals surface area (Å²) >= 11 is 0. The van der Waals surface area contributed by atoms with Crippen molar-refractivity contribution in [3.05, 3.63) is 0 Å². The molecule has 2 saturated carbocycles. The summed E-state index contributed by atoms with van der Waals surface area (Å²) in [7, 11) is 0. The maximum atomic E-state index is 6.38. The monoisotopic (exact) mass is 267 g/mol. The third kappa shape index (κ3) is 3.52. The molecular weight excluding hydrogens is 234 g/mol. The number of ether oxygens (including phenoxy) is 1. The second-order valence-electron chi connectivity index (χ2n) is 6.76. The number of hydrogen-bond acceptors (Lipinski definition) is 2. The molecule has 0 aromatic heterocycles. The molecule has 0 amide bonds. The van der Waals surface area contributed by atoms with Crippen LogP contribution in [0.1, 0.15) is 72.1 Å². The average molecular weight is 267 g/mol. The summed E-state index contributed by atoms with van der Waals surface area (Å²) in [6.07, 6.45) is 10.9. The van der Waals surface area contributed by atoms with Gasteiger partial charge in [-0.05, 0) is 63.8 Å². The first-order valence-corrected chi connectivity index (χ1v) is 8.59. The molecule has 2 aliphatic rings. The van der Waals surface area contributed by atoms with E-state index in [2.05, 4.69) is 26.1 Å². The van der Waals surface area contributed by atoms with Gasteiger partial charge in [0, 0.05) is 12.6 Å². The Labute approximate surface area is 119 Å². The lowest BCUT2D eigenvalue weighted by Crippen LogP contribution is -2.57. The molecule has 0 spiro atoms. The van der Waals surface area contributed by atoms with Crippen LogP contribution in [0.5, 0.6) is 0 Å². The van der Waals surface area contributed by atoms with Crippen LogP contribution in [-0.2, 0) is 4.74 Å². The topological polar surface area (TPSA) is 21.3 Å². The van der Waals surface area contributed by atoms with E-state index in [-0.39, 0.29) is 5.60 Å². The summed E-state index contributed by atoms with van der Waals surface area (Å²) in [4.78, 5) is 0. The molecule has 112 valence electrons. The lowest BCUT2D eigenvalue weighted by atomic mass is 9.71. The smallest absolute Gasteiger partial charge is 0.0837 e. The van der Waals surface area contributed by atoms with Crippen LogP contribution in [0.15, 0.2) is 0 Å². The second-order valence-corrected chi connectivity index (χ2v) is 6.76. The molecule has 2 nitrogen and oxygen atoms in total. The highest BCUT2D eigenvalue weighted by atomic mass is 16.5. The Kier molecular flexibility index (Phi) is 5.70. The summed E-state index contributed by atoms with van der Waals surface area (Å²) in [5.41, 5.74) is 0.131. The van der Waals surface area contributed by atoms with Crippen molar-refractivity contribution >= 4 is 0 Å². The van der Waals surface area contributed by atoms with Crippen molar-refractivity contribution in [1.29, 1.82) is 0 Å². The Morgan fingerprint density at radius 3 is 2.26 bits per heavy atom. The first-order valence-electron chi connectivity index (χ1n) is 8.59. The quantitative estimate of drug-likeness (QED) is 0.781. The third-order valence-electron chi connectivity index (χ3n) is 5.41. The number of hydrogen-bond donors (Lipinski definition) is 1. The van der Waals surface area contributed by atoms with Crippen LogP contribution in [0.25, 0.3) is 0 Å². The molecule has 0 aromatic rings. The summed E-state index contributed by atoms with van der Waals surface area (Å²) in [5.74, 6) is 1.74. The number of rotatable bonds is 6. The molecule has 1 unspecified atom stereocenters. The van der Waals surface area contributed by atoms with Crippen LogP contribution < -0.4 is 5.32 Å². The molecule has 2 fully saturated rings. The van der Waals surface area contributed by atoms with Gasteiger partial charge in [0.2, 0.25) is 0 Å². The van der Waals surface area contributed by atoms with Gasteiger partial charge < -0.3 is 10.1 Å². The summed E-state index contributed by atoms with van der Waals surface area (Å²) in [6, 6.07) is 0.590. The van der Waals surface area contributed by atoms with Crippen molar-refractivity contribution in [1.82, 2.24) is 5.32 Å². The highest BCUT2D eigenvalue weighted by Gasteiger charge is 2.45. The molecule has 2 heteroatoms. The number of nitrogens with one attached hydrogen (secondary N) is 1. The van der Waals surface area contributed by atoms with Crippen molar-refractivity contribution in [2.45, 2.75) is 83.8 Å². The SMILES string of the molecule is CCNC(C1CCCC1)C1(OCC)CCC(C)CC1. The molecule has 2 aliphatic carbocycles. The minimum atomic E-state index is 0.131. The van der Waals surface area contributed by atoms with Gasteiger partial charge in [-0.25, -0.2) is 0 Å². The molecule has 0 aromatic carbocycles. The maximum absolute atomic E-state index is 6.38. The zero-order valence-corrected chi connectivity index (χ0v) is 13.2. The van der Waals surface area contributed by atoms with E-state index < -0.39 is 0 Å². The summed E-state index contributed by atoms with van der Waals surface area (Å²) in [5, 5.41) is 3.81. The van der Waals surface area contributed by atoms with E-state index in [9.17, 15) is 0 Å². The van der Waals surface area contributed by atoms with Gasteiger partial charge in [0.15, 0.2) is 0 Å². The standard InChI is InChI=1S/C17H33NO/c1-4-18-16(15-8-6-7-9-15)17(19-5-2)12-10-14(3)11-13-17/h14-16,18H,4-13H2,1-3H3. The fourth-order valence-electron chi connectivity index (χ4n) is 4.38. The molecule has 0 aliphatic heterocycles. The van der Waals surface area contributed by atoms with E-state index >= 15 is 0 Å². The van der Waals surface area contributed by atoms with Gasteiger partial charge in [-0.1, -0.05) is 26.7 Å². The van der Waals surface area contributed by atoms with Gasteiger partial charge in [-0.15, -0.1) is 0 Å². The summed E-state index contributed by atoms with van der Waals surface area (Å²) in [6.45, 7) is 8.74. The third-order valence-corrected chi connectivity index (χ3v) is 5.41. The molecule has 19 heavy (non-hydrogen) atoms. The Morgan fingerprint density at radius 1 is 1.11 bits per heavy atom. The minimum absolute atomic E-state index is 0.131. The zero-order valence-electron chi connectivity index (χ0n) is 13.2. The largest absolute Gasteiger partial charge is 0.374 e. The lowest BCUT2D eigenvalue weighted by Gasteiger charge is -2.47. The van der Waals surface area contributed by atoms with E-state index in [0.29, 0.717) is 6.04 Å². The van der Waals surface area contributed by atoms with Gasteiger partial charge in [-0.3, -0.25) is 0 Å². The predicted octanol–water partition coefficient (Wildman–Crippen LogP) is 4.14. The fourth-order valence-corrected chi connectivity index (χ4v) is 4.38. The van der Waals surface area contributed by atoms with Crippen molar-refractivity contribution in [3.8, 4) is 0 Å². The van der Waals surface area contributed by atoms with Gasteiger partial charge in [0.05, 0.1) is 5.60 Å². The van der Waals surface area contributed by atoms with E-state index in [1.54, 1.807) is 0 Å². The van der Waals surface area contributed by atoms with E-state index in [0.717, 1.165) is 25.0 Å². The highest BCUT2D eigenvalue weighted by Crippen LogP contribution is 2.43. The number of likely N-dealkylation sites (N-methyl/N-ethyl adjacent to an activating group) is 1. The summed E-state index contributed by atoms with van der Waals surface area (Å²) < 4.78 is 6.38. The molecule has 1 atom stereocenters. The van der Waals surface area contributed by atoms with Gasteiger partial charge in [-0.2, -0.15) is 0 Å². The Bertz CT molecular complexity index is 252. The average Bonchev–Trinajstić information content (AvgIpc) is 2.93. The molecule has 0 radical (unpaired) electrons. The van der Waals surface area contributed by atoms with Crippen LogP contribution in [0, 0.1) is 11.8 Å². The second kappa shape index (κ2) is 7.08.